The van der Waals surface area contributed by atoms with E-state index >= 15 is 0 Å². The lowest BCUT2D eigenvalue weighted by molar-refractivity contribution is 0.0636. The Bertz CT molecular complexity index is 195. The van der Waals surface area contributed by atoms with Crippen LogP contribution in [0.4, 0.5) is 0 Å². The third kappa shape index (κ3) is 2.36. The van der Waals surface area contributed by atoms with Crippen molar-refractivity contribution in [3.8, 4) is 0 Å². The SMILES string of the molecule is CCCCC(CC)C1(C(C)(C)CC)OO1. The maximum atomic E-state index is 5.40. The molecule has 0 aromatic carbocycles. The highest BCUT2D eigenvalue weighted by Gasteiger charge is 2.63. The van der Waals surface area contributed by atoms with Gasteiger partial charge in [0.05, 0.1) is 0 Å². The van der Waals surface area contributed by atoms with E-state index in [9.17, 15) is 0 Å². The summed E-state index contributed by atoms with van der Waals surface area (Å²) in [6.07, 6.45) is 5.97. The Morgan fingerprint density at radius 3 is 2.07 bits per heavy atom. The topological polar surface area (TPSA) is 25.1 Å². The second kappa shape index (κ2) is 4.84. The van der Waals surface area contributed by atoms with Crippen molar-refractivity contribution in [1.82, 2.24) is 0 Å². The van der Waals surface area contributed by atoms with Crippen LogP contribution >= 0.6 is 0 Å². The first-order valence-electron chi connectivity index (χ1n) is 6.40. The van der Waals surface area contributed by atoms with Crippen LogP contribution in [0.1, 0.15) is 66.7 Å². The Labute approximate surface area is 94.3 Å². The average molecular weight is 214 g/mol. The summed E-state index contributed by atoms with van der Waals surface area (Å²) in [7, 11) is 0. The van der Waals surface area contributed by atoms with Gasteiger partial charge in [0.15, 0.2) is 0 Å². The van der Waals surface area contributed by atoms with E-state index < -0.39 is 0 Å². The van der Waals surface area contributed by atoms with Crippen LogP contribution in [0, 0.1) is 11.3 Å². The van der Waals surface area contributed by atoms with Crippen molar-refractivity contribution in [3.05, 3.63) is 0 Å². The maximum absolute atomic E-state index is 5.40. The monoisotopic (exact) mass is 214 g/mol. The van der Waals surface area contributed by atoms with E-state index in [0.29, 0.717) is 5.92 Å². The Morgan fingerprint density at radius 2 is 1.73 bits per heavy atom. The van der Waals surface area contributed by atoms with E-state index in [1.54, 1.807) is 0 Å². The highest BCUT2D eigenvalue weighted by molar-refractivity contribution is 4.95. The summed E-state index contributed by atoms with van der Waals surface area (Å²) in [5.74, 6) is 0.262. The molecule has 0 aromatic heterocycles. The molecule has 0 aliphatic carbocycles. The first-order valence-corrected chi connectivity index (χ1v) is 6.40. The normalized spacial score (nSPS) is 21.4. The molecular formula is C13H26O2. The van der Waals surface area contributed by atoms with Crippen molar-refractivity contribution in [1.29, 1.82) is 0 Å². The molecule has 1 atom stereocenters. The molecular weight excluding hydrogens is 188 g/mol. The summed E-state index contributed by atoms with van der Waals surface area (Å²) in [6.45, 7) is 11.2. The lowest BCUT2D eigenvalue weighted by Crippen LogP contribution is -2.39. The van der Waals surface area contributed by atoms with Gasteiger partial charge in [-0.25, -0.2) is 0 Å². The molecule has 0 bridgehead atoms. The molecule has 0 saturated carbocycles. The Morgan fingerprint density at radius 1 is 1.13 bits per heavy atom. The molecule has 1 fully saturated rings. The molecule has 2 nitrogen and oxygen atoms in total. The van der Waals surface area contributed by atoms with Gasteiger partial charge in [-0.05, 0) is 19.3 Å². The van der Waals surface area contributed by atoms with Crippen LogP contribution in [0.5, 0.6) is 0 Å². The molecule has 1 rings (SSSR count). The Balaban J connectivity index is 2.66. The van der Waals surface area contributed by atoms with Crippen molar-refractivity contribution < 1.29 is 9.78 Å². The third-order valence-corrected chi connectivity index (χ3v) is 4.03. The predicted octanol–water partition coefficient (Wildman–Crippen LogP) is 4.30. The van der Waals surface area contributed by atoms with Crippen molar-refractivity contribution in [2.24, 2.45) is 11.3 Å². The summed E-state index contributed by atoms with van der Waals surface area (Å²) < 4.78 is 0. The Hall–Kier alpha value is -0.0800. The fraction of sp³-hybridized carbons (Fsp3) is 1.00. The second-order valence-corrected chi connectivity index (χ2v) is 5.32. The summed E-state index contributed by atoms with van der Waals surface area (Å²) in [5.41, 5.74) is 0.126. The van der Waals surface area contributed by atoms with E-state index in [1.807, 2.05) is 0 Å². The van der Waals surface area contributed by atoms with E-state index in [-0.39, 0.29) is 11.2 Å². The van der Waals surface area contributed by atoms with Crippen LogP contribution in [0.2, 0.25) is 0 Å². The molecule has 1 saturated heterocycles. The molecule has 2 heteroatoms. The zero-order valence-corrected chi connectivity index (χ0v) is 10.9. The summed E-state index contributed by atoms with van der Waals surface area (Å²) >= 11 is 0. The zero-order chi connectivity index (χ0) is 11.5. The van der Waals surface area contributed by atoms with Crippen LogP contribution in [0.25, 0.3) is 0 Å². The van der Waals surface area contributed by atoms with Crippen LogP contribution in [0.15, 0.2) is 0 Å². The molecule has 1 aliphatic rings. The van der Waals surface area contributed by atoms with Gasteiger partial charge in [-0.2, -0.15) is 9.78 Å². The van der Waals surface area contributed by atoms with Gasteiger partial charge in [-0.15, -0.1) is 0 Å². The van der Waals surface area contributed by atoms with E-state index in [1.165, 1.54) is 19.3 Å². The predicted molar refractivity (Wildman–Crippen MR) is 62.3 cm³/mol. The minimum Gasteiger partial charge on any atom is -0.194 e. The smallest absolute Gasteiger partial charge is 0.194 e. The minimum atomic E-state index is -0.286. The van der Waals surface area contributed by atoms with Crippen molar-refractivity contribution in [2.75, 3.05) is 0 Å². The number of unbranched alkanes of at least 4 members (excludes halogenated alkanes) is 1. The van der Waals surface area contributed by atoms with Gasteiger partial charge in [0, 0.05) is 11.3 Å². The van der Waals surface area contributed by atoms with Gasteiger partial charge in [0.1, 0.15) is 0 Å². The molecule has 0 radical (unpaired) electrons. The lowest BCUT2D eigenvalue weighted by Gasteiger charge is -2.32. The molecule has 1 unspecified atom stereocenters. The molecule has 15 heavy (non-hydrogen) atoms. The first-order chi connectivity index (χ1) is 7.04. The quantitative estimate of drug-likeness (QED) is 0.466. The highest BCUT2D eigenvalue weighted by Crippen LogP contribution is 2.55. The van der Waals surface area contributed by atoms with E-state index in [2.05, 4.69) is 34.6 Å². The van der Waals surface area contributed by atoms with Gasteiger partial charge < -0.3 is 0 Å². The fourth-order valence-electron chi connectivity index (χ4n) is 2.32. The standard InChI is InChI=1S/C13H26O2/c1-6-9-10-11(7-2)13(14-15-13)12(4,5)8-3/h11H,6-10H2,1-5H3. The summed E-state index contributed by atoms with van der Waals surface area (Å²) in [5, 5.41) is 0. The van der Waals surface area contributed by atoms with E-state index in [0.717, 1.165) is 12.8 Å². The molecule has 1 aliphatic heterocycles. The average Bonchev–Trinajstić information content (AvgIpc) is 3.01. The summed E-state index contributed by atoms with van der Waals surface area (Å²) in [6, 6.07) is 0. The maximum Gasteiger partial charge on any atom is 0.241 e. The number of rotatable bonds is 7. The lowest BCUT2D eigenvalue weighted by atomic mass is 9.73. The number of hydrogen-bond donors (Lipinski definition) is 0. The largest absolute Gasteiger partial charge is 0.241 e. The van der Waals surface area contributed by atoms with Crippen LogP contribution in [0.3, 0.4) is 0 Å². The van der Waals surface area contributed by atoms with Crippen LogP contribution in [-0.2, 0) is 9.78 Å². The highest BCUT2D eigenvalue weighted by atomic mass is 17.4. The zero-order valence-electron chi connectivity index (χ0n) is 10.9. The molecule has 90 valence electrons. The molecule has 0 amide bonds. The van der Waals surface area contributed by atoms with Gasteiger partial charge in [-0.1, -0.05) is 47.5 Å². The molecule has 1 heterocycles. The molecule has 0 N–H and O–H groups in total. The van der Waals surface area contributed by atoms with Crippen LogP contribution in [-0.4, -0.2) is 5.79 Å². The summed E-state index contributed by atoms with van der Waals surface area (Å²) in [4.78, 5) is 10.8. The first kappa shape index (κ1) is 13.0. The van der Waals surface area contributed by atoms with Crippen molar-refractivity contribution in [2.45, 2.75) is 72.5 Å². The second-order valence-electron chi connectivity index (χ2n) is 5.32. The van der Waals surface area contributed by atoms with Crippen molar-refractivity contribution in [3.63, 3.8) is 0 Å². The fourth-order valence-corrected chi connectivity index (χ4v) is 2.32. The van der Waals surface area contributed by atoms with Gasteiger partial charge >= 0.3 is 0 Å². The van der Waals surface area contributed by atoms with Crippen molar-refractivity contribution >= 4 is 0 Å². The third-order valence-electron chi connectivity index (χ3n) is 4.03. The van der Waals surface area contributed by atoms with E-state index in [4.69, 9.17) is 9.78 Å². The molecule has 0 aromatic rings. The van der Waals surface area contributed by atoms with Gasteiger partial charge in [0.25, 0.3) is 0 Å². The number of hydrogen-bond acceptors (Lipinski definition) is 2. The minimum absolute atomic E-state index is 0.126. The van der Waals surface area contributed by atoms with Gasteiger partial charge in [0.2, 0.25) is 5.79 Å². The Kier molecular flexibility index (Phi) is 4.19. The van der Waals surface area contributed by atoms with Crippen LogP contribution < -0.4 is 0 Å². The molecule has 0 spiro atoms. The van der Waals surface area contributed by atoms with Gasteiger partial charge in [-0.3, -0.25) is 0 Å².